The van der Waals surface area contributed by atoms with E-state index in [1.54, 1.807) is 12.1 Å². The first-order valence-electron chi connectivity index (χ1n) is 9.07. The molecule has 1 amide bonds. The molecule has 0 bridgehead atoms. The minimum absolute atomic E-state index is 0.122. The summed E-state index contributed by atoms with van der Waals surface area (Å²) in [6.07, 6.45) is -2.88. The molecule has 0 fully saturated rings. The number of halogens is 5. The van der Waals surface area contributed by atoms with Crippen LogP contribution in [-0.2, 0) is 25.6 Å². The highest BCUT2D eigenvalue weighted by Gasteiger charge is 2.30. The van der Waals surface area contributed by atoms with E-state index in [1.165, 1.54) is 12.1 Å². The summed E-state index contributed by atoms with van der Waals surface area (Å²) in [5.41, 5.74) is 0.306. The van der Waals surface area contributed by atoms with Crippen molar-refractivity contribution in [1.82, 2.24) is 15.5 Å². The summed E-state index contributed by atoms with van der Waals surface area (Å²) in [6, 6.07) is 7.86. The van der Waals surface area contributed by atoms with Crippen molar-refractivity contribution >= 4 is 29.1 Å². The lowest BCUT2D eigenvalue weighted by Crippen LogP contribution is -2.23. The summed E-state index contributed by atoms with van der Waals surface area (Å²) in [6.45, 7) is -0.122. The van der Waals surface area contributed by atoms with Crippen molar-refractivity contribution in [3.05, 3.63) is 74.8 Å². The van der Waals surface area contributed by atoms with Gasteiger partial charge in [-0.3, -0.25) is 4.79 Å². The predicted octanol–water partition coefficient (Wildman–Crippen LogP) is 5.21. The van der Waals surface area contributed by atoms with Crippen molar-refractivity contribution in [2.75, 3.05) is 0 Å². The zero-order valence-electron chi connectivity index (χ0n) is 15.8. The quantitative estimate of drug-likeness (QED) is 0.491. The van der Waals surface area contributed by atoms with Gasteiger partial charge in [0, 0.05) is 13.0 Å². The number of benzene rings is 2. The summed E-state index contributed by atoms with van der Waals surface area (Å²) in [4.78, 5) is 16.1. The number of hydrogen-bond donors (Lipinski definition) is 2. The molecule has 3 aromatic rings. The molecule has 0 aliphatic rings. The maximum absolute atomic E-state index is 12.8. The van der Waals surface area contributed by atoms with Gasteiger partial charge in [-0.1, -0.05) is 40.5 Å². The van der Waals surface area contributed by atoms with Gasteiger partial charge in [-0.05, 0) is 48.2 Å². The molecule has 0 aliphatic carbocycles. The van der Waals surface area contributed by atoms with Crippen LogP contribution in [0.2, 0.25) is 10.0 Å². The number of rotatable bonds is 7. The molecule has 164 valence electrons. The molecule has 0 atom stereocenters. The Morgan fingerprint density at radius 2 is 1.81 bits per heavy atom. The third-order valence-electron chi connectivity index (χ3n) is 4.31. The Labute approximate surface area is 185 Å². The molecular formula is C20H16Cl2F3N3O3. The largest absolute Gasteiger partial charge is 0.505 e. The molecule has 0 saturated heterocycles. The van der Waals surface area contributed by atoms with Crippen LogP contribution in [0.15, 0.2) is 40.9 Å². The average Bonchev–Trinajstić information content (AvgIpc) is 3.19. The van der Waals surface area contributed by atoms with Crippen LogP contribution in [0.25, 0.3) is 0 Å². The van der Waals surface area contributed by atoms with Crippen molar-refractivity contribution in [2.24, 2.45) is 0 Å². The molecule has 1 aromatic heterocycles. The van der Waals surface area contributed by atoms with E-state index in [4.69, 9.17) is 27.7 Å². The van der Waals surface area contributed by atoms with Gasteiger partial charge < -0.3 is 14.9 Å². The number of hydrogen-bond acceptors (Lipinski definition) is 5. The molecular weight excluding hydrogens is 458 g/mol. The number of phenols is 1. The van der Waals surface area contributed by atoms with Crippen molar-refractivity contribution < 1.29 is 27.6 Å². The van der Waals surface area contributed by atoms with Crippen LogP contribution in [0, 0.1) is 0 Å². The number of phenolic OH excluding ortho intramolecular Hbond substituents is 1. The fourth-order valence-corrected chi connectivity index (χ4v) is 3.31. The monoisotopic (exact) mass is 473 g/mol. The summed E-state index contributed by atoms with van der Waals surface area (Å²) in [7, 11) is 0. The fraction of sp³-hybridized carbons (Fsp3) is 0.250. The molecule has 0 radical (unpaired) electrons. The normalized spacial score (nSPS) is 11.5. The Morgan fingerprint density at radius 3 is 2.48 bits per heavy atom. The van der Waals surface area contributed by atoms with Crippen LogP contribution in [0.4, 0.5) is 13.2 Å². The molecule has 0 spiro atoms. The van der Waals surface area contributed by atoms with Gasteiger partial charge in [0.25, 0.3) is 0 Å². The highest BCUT2D eigenvalue weighted by Crippen LogP contribution is 2.33. The van der Waals surface area contributed by atoms with Crippen LogP contribution in [0.1, 0.15) is 39.6 Å². The number of aryl methyl sites for hydroxylation is 2. The molecule has 1 heterocycles. The van der Waals surface area contributed by atoms with Gasteiger partial charge in [-0.15, -0.1) is 0 Å². The lowest BCUT2D eigenvalue weighted by atomic mass is 10.1. The third kappa shape index (κ3) is 6.11. The van der Waals surface area contributed by atoms with Gasteiger partial charge in [0.15, 0.2) is 11.6 Å². The second kappa shape index (κ2) is 9.57. The maximum atomic E-state index is 12.8. The number of alkyl halides is 3. The number of amides is 1. The summed E-state index contributed by atoms with van der Waals surface area (Å²) >= 11 is 11.8. The molecule has 11 heteroatoms. The van der Waals surface area contributed by atoms with E-state index in [1.807, 2.05) is 0 Å². The Morgan fingerprint density at radius 1 is 1.10 bits per heavy atom. The van der Waals surface area contributed by atoms with Gasteiger partial charge in [0.2, 0.25) is 0 Å². The molecule has 6 nitrogen and oxygen atoms in total. The van der Waals surface area contributed by atoms with Gasteiger partial charge in [0.05, 0.1) is 15.6 Å². The molecule has 31 heavy (non-hydrogen) atoms. The van der Waals surface area contributed by atoms with E-state index in [9.17, 15) is 23.1 Å². The van der Waals surface area contributed by atoms with Crippen LogP contribution in [-0.4, -0.2) is 21.2 Å². The molecule has 0 unspecified atom stereocenters. The van der Waals surface area contributed by atoms with Gasteiger partial charge >= 0.3 is 18.0 Å². The van der Waals surface area contributed by atoms with Crippen LogP contribution < -0.4 is 5.32 Å². The number of aromatic nitrogens is 2. The standard InChI is InChI=1S/C20H16Cl2F3N3O3/c21-14-8-11(9-15(22)17(14)29)3-2-6-16-27-19(31-28-16)18(30)26-10-12-4-1-5-13(7-12)20(23,24)25/h1,4-5,7-9,29H,2-3,6,10H2,(H,26,30). The predicted molar refractivity (Wildman–Crippen MR) is 107 cm³/mol. The van der Waals surface area contributed by atoms with Gasteiger partial charge in [0.1, 0.15) is 0 Å². The van der Waals surface area contributed by atoms with Crippen molar-refractivity contribution in [2.45, 2.75) is 32.0 Å². The molecule has 3 rings (SSSR count). The first-order valence-corrected chi connectivity index (χ1v) is 9.83. The van der Waals surface area contributed by atoms with Crippen LogP contribution >= 0.6 is 23.2 Å². The highest BCUT2D eigenvalue weighted by molar-refractivity contribution is 6.37. The average molecular weight is 474 g/mol. The van der Waals surface area contributed by atoms with Gasteiger partial charge in [-0.25, -0.2) is 0 Å². The van der Waals surface area contributed by atoms with Gasteiger partial charge in [-0.2, -0.15) is 18.2 Å². The second-order valence-electron chi connectivity index (χ2n) is 6.66. The lowest BCUT2D eigenvalue weighted by Gasteiger charge is -2.08. The van der Waals surface area contributed by atoms with E-state index >= 15 is 0 Å². The summed E-state index contributed by atoms with van der Waals surface area (Å²) < 4.78 is 43.2. The zero-order chi connectivity index (χ0) is 22.6. The Hall–Kier alpha value is -2.78. The molecule has 0 aliphatic heterocycles. The number of aromatic hydroxyl groups is 1. The number of nitrogens with zero attached hydrogens (tertiary/aromatic N) is 2. The number of nitrogens with one attached hydrogen (secondary N) is 1. The zero-order valence-corrected chi connectivity index (χ0v) is 17.4. The Balaban J connectivity index is 1.52. The van der Waals surface area contributed by atoms with E-state index in [0.29, 0.717) is 25.1 Å². The van der Waals surface area contributed by atoms with Crippen LogP contribution in [0.5, 0.6) is 5.75 Å². The van der Waals surface area contributed by atoms with Crippen molar-refractivity contribution in [3.63, 3.8) is 0 Å². The van der Waals surface area contributed by atoms with E-state index in [2.05, 4.69) is 15.5 Å². The minimum Gasteiger partial charge on any atom is -0.505 e. The van der Waals surface area contributed by atoms with E-state index < -0.39 is 17.6 Å². The minimum atomic E-state index is -4.46. The summed E-state index contributed by atoms with van der Waals surface area (Å²) in [5.74, 6) is -0.836. The number of carbonyl (C=O) groups excluding carboxylic acids is 1. The molecule has 2 aromatic carbocycles. The first kappa shape index (κ1) is 22.9. The van der Waals surface area contributed by atoms with E-state index in [0.717, 1.165) is 17.7 Å². The maximum Gasteiger partial charge on any atom is 0.416 e. The van der Waals surface area contributed by atoms with Crippen LogP contribution in [0.3, 0.4) is 0 Å². The van der Waals surface area contributed by atoms with E-state index in [-0.39, 0.29) is 33.8 Å². The summed E-state index contributed by atoms with van der Waals surface area (Å²) in [5, 5.41) is 16.1. The SMILES string of the molecule is O=C(NCc1cccc(C(F)(F)F)c1)c1nc(CCCc2cc(Cl)c(O)c(Cl)c2)no1. The Bertz CT molecular complexity index is 1060. The topological polar surface area (TPSA) is 88.2 Å². The fourth-order valence-electron chi connectivity index (χ4n) is 2.78. The van der Waals surface area contributed by atoms with Crippen molar-refractivity contribution in [3.8, 4) is 5.75 Å². The lowest BCUT2D eigenvalue weighted by molar-refractivity contribution is -0.137. The second-order valence-corrected chi connectivity index (χ2v) is 7.47. The van der Waals surface area contributed by atoms with Crippen molar-refractivity contribution in [1.29, 1.82) is 0 Å². The number of carbonyl (C=O) groups is 1. The Kier molecular flexibility index (Phi) is 7.07. The first-order chi connectivity index (χ1) is 14.6. The third-order valence-corrected chi connectivity index (χ3v) is 4.89. The molecule has 0 saturated carbocycles. The highest BCUT2D eigenvalue weighted by atomic mass is 35.5. The molecule has 2 N–H and O–H groups in total. The smallest absolute Gasteiger partial charge is 0.416 e.